The SMILES string of the molecule is CCS(C)(=O)=Nc1ccc(-c2ccc(-c3nc4c(cc3Cl)N=C(O[C@@H]3CO[C@H]5[C@@H]3OC[C@H]5O)C4)cc2)nc1. The maximum absolute atomic E-state index is 12.3. The highest BCUT2D eigenvalue weighted by molar-refractivity contribution is 7.93. The minimum absolute atomic E-state index is 0.249. The molecular formula is C27H27ClN4O5S. The summed E-state index contributed by atoms with van der Waals surface area (Å²) in [5, 5.41) is 10.4. The van der Waals surface area contributed by atoms with Crippen LogP contribution in [0.15, 0.2) is 58.0 Å². The van der Waals surface area contributed by atoms with Crippen LogP contribution in [0.5, 0.6) is 0 Å². The number of ether oxygens (including phenoxy) is 3. The van der Waals surface area contributed by atoms with Gasteiger partial charge in [-0.3, -0.25) is 4.98 Å². The van der Waals surface area contributed by atoms with E-state index in [0.29, 0.717) is 46.8 Å². The lowest BCUT2D eigenvalue weighted by Gasteiger charge is -2.17. The van der Waals surface area contributed by atoms with E-state index < -0.39 is 15.8 Å². The largest absolute Gasteiger partial charge is 0.472 e. The van der Waals surface area contributed by atoms with E-state index in [1.165, 1.54) is 0 Å². The molecule has 5 heterocycles. The molecule has 9 nitrogen and oxygen atoms in total. The summed E-state index contributed by atoms with van der Waals surface area (Å²) in [5.41, 5.74) is 5.33. The Morgan fingerprint density at radius 3 is 2.63 bits per heavy atom. The number of aliphatic hydroxyl groups excluding tert-OH is 1. The minimum Gasteiger partial charge on any atom is -0.472 e. The van der Waals surface area contributed by atoms with Gasteiger partial charge in [0.1, 0.15) is 18.3 Å². The van der Waals surface area contributed by atoms with Gasteiger partial charge in [-0.25, -0.2) is 14.2 Å². The number of rotatable bonds is 5. The molecule has 6 rings (SSSR count). The number of aromatic nitrogens is 2. The molecule has 5 atom stereocenters. The van der Waals surface area contributed by atoms with Crippen LogP contribution in [0, 0.1) is 0 Å². The maximum atomic E-state index is 12.3. The van der Waals surface area contributed by atoms with Crippen LogP contribution in [0.4, 0.5) is 11.4 Å². The minimum atomic E-state index is -2.23. The fourth-order valence-electron chi connectivity index (χ4n) is 4.75. The average Bonchev–Trinajstić information content (AvgIpc) is 3.60. The highest BCUT2D eigenvalue weighted by Gasteiger charge is 2.49. The summed E-state index contributed by atoms with van der Waals surface area (Å²) < 4.78 is 33.9. The molecule has 2 saturated heterocycles. The van der Waals surface area contributed by atoms with Gasteiger partial charge in [0.25, 0.3) is 0 Å². The average molecular weight is 555 g/mol. The second kappa shape index (κ2) is 10.0. The number of hydrogen-bond acceptors (Lipinski definition) is 9. The molecular weight excluding hydrogens is 528 g/mol. The van der Waals surface area contributed by atoms with E-state index in [-0.39, 0.29) is 24.9 Å². The predicted molar refractivity (Wildman–Crippen MR) is 146 cm³/mol. The number of nitrogens with zero attached hydrogens (tertiary/aromatic N) is 4. The Morgan fingerprint density at radius 2 is 1.89 bits per heavy atom. The molecule has 0 spiro atoms. The molecule has 11 heteroatoms. The first-order chi connectivity index (χ1) is 18.3. The standard InChI is InChI=1S/C27H27ClN4O5S/c1-3-38(2,34)32-17-8-9-19(29-12-17)15-4-6-16(7-5-15)25-18(28)10-20-21(31-25)11-24(30-20)37-23-14-36-26-22(33)13-35-27(23)26/h4-10,12,22-23,26-27,33H,3,11,13-14H2,1-2H3/t22-,23-,26-,27-,38?/m1/s1. The lowest BCUT2D eigenvalue weighted by Crippen LogP contribution is -2.34. The van der Waals surface area contributed by atoms with Gasteiger partial charge in [-0.2, -0.15) is 4.36 Å². The molecule has 0 bridgehead atoms. The van der Waals surface area contributed by atoms with Crippen molar-refractivity contribution in [3.05, 3.63) is 59.4 Å². The Bertz CT molecular complexity index is 1520. The van der Waals surface area contributed by atoms with Crippen molar-refractivity contribution in [3.8, 4) is 22.5 Å². The van der Waals surface area contributed by atoms with E-state index in [1.807, 2.05) is 43.3 Å². The Kier molecular flexibility index (Phi) is 6.69. The zero-order valence-electron chi connectivity index (χ0n) is 20.9. The molecule has 3 aliphatic rings. The lowest BCUT2D eigenvalue weighted by molar-refractivity contribution is 0.00558. The van der Waals surface area contributed by atoms with Crippen molar-refractivity contribution in [1.82, 2.24) is 9.97 Å². The van der Waals surface area contributed by atoms with Crippen LogP contribution in [0.2, 0.25) is 5.02 Å². The third-order valence-electron chi connectivity index (χ3n) is 6.90. The van der Waals surface area contributed by atoms with E-state index in [9.17, 15) is 9.32 Å². The summed E-state index contributed by atoms with van der Waals surface area (Å²) in [5.74, 6) is 1.03. The first-order valence-corrected chi connectivity index (χ1v) is 14.9. The lowest BCUT2D eigenvalue weighted by atomic mass is 10.1. The normalized spacial score (nSPS) is 25.4. The monoisotopic (exact) mass is 554 g/mol. The van der Waals surface area contributed by atoms with Gasteiger partial charge in [-0.05, 0) is 18.2 Å². The molecule has 1 aromatic carbocycles. The fourth-order valence-corrected chi connectivity index (χ4v) is 5.69. The first-order valence-electron chi connectivity index (χ1n) is 12.4. The molecule has 0 aliphatic carbocycles. The maximum Gasteiger partial charge on any atom is 0.195 e. The summed E-state index contributed by atoms with van der Waals surface area (Å²) in [6.07, 6.45) is 2.13. The van der Waals surface area contributed by atoms with Crippen molar-refractivity contribution >= 4 is 38.6 Å². The summed E-state index contributed by atoms with van der Waals surface area (Å²) in [7, 11) is -2.23. The van der Waals surface area contributed by atoms with E-state index in [0.717, 1.165) is 22.5 Å². The molecule has 0 radical (unpaired) electrons. The molecule has 2 fully saturated rings. The smallest absolute Gasteiger partial charge is 0.195 e. The van der Waals surface area contributed by atoms with Crippen LogP contribution in [0.1, 0.15) is 12.6 Å². The van der Waals surface area contributed by atoms with Crippen LogP contribution in [-0.4, -0.2) is 74.8 Å². The Balaban J connectivity index is 1.16. The first kappa shape index (κ1) is 25.4. The van der Waals surface area contributed by atoms with Crippen molar-refractivity contribution in [2.24, 2.45) is 9.36 Å². The van der Waals surface area contributed by atoms with Crippen LogP contribution in [-0.2, 0) is 30.4 Å². The topological polar surface area (TPSA) is 115 Å². The predicted octanol–water partition coefficient (Wildman–Crippen LogP) is 4.34. The molecule has 1 unspecified atom stereocenters. The number of benzene rings is 1. The fraction of sp³-hybridized carbons (Fsp3) is 0.370. The van der Waals surface area contributed by atoms with E-state index >= 15 is 0 Å². The number of pyridine rings is 2. The van der Waals surface area contributed by atoms with Crippen molar-refractivity contribution in [1.29, 1.82) is 0 Å². The van der Waals surface area contributed by atoms with Gasteiger partial charge < -0.3 is 19.3 Å². The van der Waals surface area contributed by atoms with Crippen LogP contribution in [0.3, 0.4) is 0 Å². The molecule has 1 N–H and O–H groups in total. The molecule has 38 heavy (non-hydrogen) atoms. The van der Waals surface area contributed by atoms with Crippen LogP contribution < -0.4 is 0 Å². The third kappa shape index (κ3) is 4.94. The highest BCUT2D eigenvalue weighted by atomic mass is 35.5. The molecule has 3 aromatic rings. The van der Waals surface area contributed by atoms with Crippen LogP contribution >= 0.6 is 11.6 Å². The van der Waals surface area contributed by atoms with Gasteiger partial charge in [0.2, 0.25) is 0 Å². The highest BCUT2D eigenvalue weighted by Crippen LogP contribution is 2.37. The Labute approximate surface area is 226 Å². The summed E-state index contributed by atoms with van der Waals surface area (Å²) >= 11 is 6.60. The quantitative estimate of drug-likeness (QED) is 0.498. The molecule has 3 aliphatic heterocycles. The second-order valence-corrected chi connectivity index (χ2v) is 12.7. The molecule has 0 saturated carbocycles. The van der Waals surface area contributed by atoms with Gasteiger partial charge >= 0.3 is 0 Å². The number of fused-ring (bicyclic) bond motifs is 2. The summed E-state index contributed by atoms with van der Waals surface area (Å²) in [6, 6.07) is 13.3. The Morgan fingerprint density at radius 1 is 1.13 bits per heavy atom. The van der Waals surface area contributed by atoms with Gasteiger partial charge in [-0.15, -0.1) is 0 Å². The van der Waals surface area contributed by atoms with Gasteiger partial charge in [0.15, 0.2) is 12.0 Å². The van der Waals surface area contributed by atoms with Crippen molar-refractivity contribution < 1.29 is 23.5 Å². The van der Waals surface area contributed by atoms with Gasteiger partial charge in [-0.1, -0.05) is 42.8 Å². The van der Waals surface area contributed by atoms with Crippen molar-refractivity contribution in [3.63, 3.8) is 0 Å². The summed E-state index contributed by atoms with van der Waals surface area (Å²) in [4.78, 5) is 13.9. The molecule has 2 aromatic heterocycles. The van der Waals surface area contributed by atoms with Crippen molar-refractivity contribution in [2.45, 2.75) is 37.8 Å². The van der Waals surface area contributed by atoms with Gasteiger partial charge in [0, 0.05) is 32.9 Å². The zero-order chi connectivity index (χ0) is 26.4. The molecule has 198 valence electrons. The third-order valence-corrected chi connectivity index (χ3v) is 8.86. The number of hydrogen-bond donors (Lipinski definition) is 1. The Hall–Kier alpha value is -2.89. The molecule has 0 amide bonds. The van der Waals surface area contributed by atoms with E-state index in [2.05, 4.69) is 14.3 Å². The van der Waals surface area contributed by atoms with Gasteiger partial charge in [0.05, 0.1) is 59.3 Å². The number of aliphatic hydroxyl groups is 1. The number of halogens is 1. The van der Waals surface area contributed by atoms with Crippen molar-refractivity contribution in [2.75, 3.05) is 25.2 Å². The van der Waals surface area contributed by atoms with Crippen LogP contribution in [0.25, 0.3) is 22.5 Å². The second-order valence-electron chi connectivity index (χ2n) is 9.60. The summed E-state index contributed by atoms with van der Waals surface area (Å²) in [6.45, 7) is 2.45. The number of aliphatic imine (C=N–C) groups is 1. The zero-order valence-corrected chi connectivity index (χ0v) is 22.5. The van der Waals surface area contributed by atoms with E-state index in [4.69, 9.17) is 30.8 Å². The van der Waals surface area contributed by atoms with E-state index in [1.54, 1.807) is 18.5 Å².